The Morgan fingerprint density at radius 3 is 1.94 bits per heavy atom. The van der Waals surface area contributed by atoms with Crippen molar-refractivity contribution in [3.8, 4) is 0 Å². The van der Waals surface area contributed by atoms with Crippen LogP contribution in [0, 0.1) is 0 Å². The van der Waals surface area contributed by atoms with Crippen molar-refractivity contribution in [2.45, 2.75) is 37.3 Å². The number of alkyl halides is 9. The molecule has 0 radical (unpaired) electrons. The zero-order chi connectivity index (χ0) is 25.0. The van der Waals surface area contributed by atoms with Crippen molar-refractivity contribution < 1.29 is 39.5 Å². The Bertz CT molecular complexity index is 1030. The first kappa shape index (κ1) is 25.5. The number of hydrogen-bond donors (Lipinski definition) is 0. The number of halogens is 10. The van der Waals surface area contributed by atoms with Crippen LogP contribution in [0.1, 0.15) is 35.6 Å². The van der Waals surface area contributed by atoms with Crippen molar-refractivity contribution in [3.05, 3.63) is 57.7 Å². The molecule has 0 bridgehead atoms. The highest BCUT2D eigenvalue weighted by molar-refractivity contribution is 7.80. The fourth-order valence-electron chi connectivity index (χ4n) is 3.73. The van der Waals surface area contributed by atoms with E-state index in [1.54, 1.807) is 6.92 Å². The molecule has 2 aromatic rings. The van der Waals surface area contributed by atoms with Crippen LogP contribution >= 0.6 is 23.8 Å². The second-order valence-electron chi connectivity index (χ2n) is 7.59. The van der Waals surface area contributed by atoms with Crippen LogP contribution in [0.5, 0.6) is 0 Å². The second kappa shape index (κ2) is 8.30. The molecule has 0 amide bonds. The molecule has 0 spiro atoms. The summed E-state index contributed by atoms with van der Waals surface area (Å²) in [5.74, 6) is 0.0854. The van der Waals surface area contributed by atoms with E-state index in [0.717, 1.165) is 4.90 Å². The standard InChI is InChI=1S/C20H14ClF9N2S/c1-10(33)11-2-3-15(31-8-11)32-5-4-17(9-32,20(28,29)30)12-6-13(18(22,23)24)16(21)14(7-12)19(25,26)27/h2-3,6-8H,4-5,9H2,1H3. The minimum Gasteiger partial charge on any atom is -0.355 e. The smallest absolute Gasteiger partial charge is 0.355 e. The zero-order valence-electron chi connectivity index (χ0n) is 16.6. The number of thiocarbonyl (C=S) groups is 1. The lowest BCUT2D eigenvalue weighted by molar-refractivity contribution is -0.185. The lowest BCUT2D eigenvalue weighted by atomic mass is 9.77. The third kappa shape index (κ3) is 4.77. The molecule has 1 fully saturated rings. The summed E-state index contributed by atoms with van der Waals surface area (Å²) in [6.45, 7) is 0.400. The molecule has 33 heavy (non-hydrogen) atoms. The van der Waals surface area contributed by atoms with Crippen molar-refractivity contribution in [1.82, 2.24) is 4.98 Å². The maximum absolute atomic E-state index is 14.3. The molecule has 1 aliphatic rings. The van der Waals surface area contributed by atoms with Crippen molar-refractivity contribution in [1.29, 1.82) is 0 Å². The van der Waals surface area contributed by atoms with E-state index in [4.69, 9.17) is 23.8 Å². The van der Waals surface area contributed by atoms with Crippen molar-refractivity contribution in [2.24, 2.45) is 0 Å². The van der Waals surface area contributed by atoms with Crippen molar-refractivity contribution in [2.75, 3.05) is 18.0 Å². The molecular weight excluding hydrogens is 507 g/mol. The Labute approximate surface area is 192 Å². The summed E-state index contributed by atoms with van der Waals surface area (Å²) in [6.07, 6.45) is -15.4. The molecule has 1 atom stereocenters. The Balaban J connectivity index is 2.15. The van der Waals surface area contributed by atoms with Crippen LogP contribution in [0.3, 0.4) is 0 Å². The first-order valence-corrected chi connectivity index (χ1v) is 10.0. The summed E-state index contributed by atoms with van der Waals surface area (Å²) in [4.78, 5) is 5.69. The number of benzene rings is 1. The van der Waals surface area contributed by atoms with Gasteiger partial charge in [0.1, 0.15) is 11.2 Å². The average Bonchev–Trinajstić information content (AvgIpc) is 3.13. The molecule has 1 saturated heterocycles. The Morgan fingerprint density at radius 1 is 1.00 bits per heavy atom. The highest BCUT2D eigenvalue weighted by Gasteiger charge is 2.60. The van der Waals surface area contributed by atoms with Crippen LogP contribution in [-0.4, -0.2) is 29.1 Å². The molecule has 0 N–H and O–H groups in total. The monoisotopic (exact) mass is 520 g/mol. The topological polar surface area (TPSA) is 16.1 Å². The van der Waals surface area contributed by atoms with Crippen LogP contribution in [0.2, 0.25) is 5.02 Å². The summed E-state index contributed by atoms with van der Waals surface area (Å²) in [7, 11) is 0. The predicted molar refractivity (Wildman–Crippen MR) is 108 cm³/mol. The van der Waals surface area contributed by atoms with Gasteiger partial charge in [0.05, 0.1) is 16.1 Å². The van der Waals surface area contributed by atoms with Gasteiger partial charge in [-0.3, -0.25) is 0 Å². The number of pyridine rings is 1. The van der Waals surface area contributed by atoms with Gasteiger partial charge in [-0.15, -0.1) is 0 Å². The SMILES string of the molecule is CC(=S)c1ccc(N2CCC(c3cc(C(F)(F)F)c(Cl)c(C(F)(F)F)c3)(C(F)(F)F)C2)nc1. The van der Waals surface area contributed by atoms with E-state index >= 15 is 0 Å². The molecule has 0 aliphatic carbocycles. The number of aromatic nitrogens is 1. The lowest BCUT2D eigenvalue weighted by Crippen LogP contribution is -2.45. The van der Waals surface area contributed by atoms with Crippen LogP contribution in [0.25, 0.3) is 0 Å². The van der Waals surface area contributed by atoms with E-state index in [9.17, 15) is 39.5 Å². The largest absolute Gasteiger partial charge is 0.417 e. The van der Waals surface area contributed by atoms with Gasteiger partial charge >= 0.3 is 18.5 Å². The van der Waals surface area contributed by atoms with Gasteiger partial charge in [0.25, 0.3) is 0 Å². The lowest BCUT2D eigenvalue weighted by Gasteiger charge is -2.33. The van der Waals surface area contributed by atoms with E-state index < -0.39 is 58.6 Å². The zero-order valence-corrected chi connectivity index (χ0v) is 18.2. The maximum Gasteiger partial charge on any atom is 0.417 e. The number of nitrogens with zero attached hydrogens (tertiary/aromatic N) is 2. The normalized spacial score (nSPS) is 19.8. The number of rotatable bonds is 3. The first-order valence-electron chi connectivity index (χ1n) is 9.24. The van der Waals surface area contributed by atoms with Crippen LogP contribution < -0.4 is 4.90 Å². The summed E-state index contributed by atoms with van der Waals surface area (Å²) in [5, 5.41) is -1.70. The van der Waals surface area contributed by atoms with Gasteiger partial charge in [0.15, 0.2) is 0 Å². The molecule has 2 heterocycles. The van der Waals surface area contributed by atoms with E-state index in [2.05, 4.69) is 4.98 Å². The second-order valence-corrected chi connectivity index (χ2v) is 8.58. The Kier molecular flexibility index (Phi) is 6.42. The number of anilines is 1. The fraction of sp³-hybridized carbons (Fsp3) is 0.400. The molecule has 1 unspecified atom stereocenters. The molecule has 2 nitrogen and oxygen atoms in total. The van der Waals surface area contributed by atoms with Crippen LogP contribution in [-0.2, 0) is 17.8 Å². The van der Waals surface area contributed by atoms with E-state index in [1.165, 1.54) is 18.3 Å². The minimum atomic E-state index is -5.39. The van der Waals surface area contributed by atoms with Gasteiger partial charge in [-0.05, 0) is 43.2 Å². The molecule has 1 aromatic heterocycles. The van der Waals surface area contributed by atoms with Gasteiger partial charge in [-0.2, -0.15) is 39.5 Å². The van der Waals surface area contributed by atoms with Gasteiger partial charge in [-0.1, -0.05) is 23.8 Å². The van der Waals surface area contributed by atoms with Crippen LogP contribution in [0.4, 0.5) is 45.3 Å². The fourth-order valence-corrected chi connectivity index (χ4v) is 4.17. The molecule has 0 saturated carbocycles. The predicted octanol–water partition coefficient (Wildman–Crippen LogP) is 7.22. The molecule has 13 heteroatoms. The first-order chi connectivity index (χ1) is 15.0. The maximum atomic E-state index is 14.3. The molecular formula is C20H14ClF9N2S. The average molecular weight is 521 g/mol. The van der Waals surface area contributed by atoms with Gasteiger partial charge < -0.3 is 4.90 Å². The third-order valence-corrected chi connectivity index (χ3v) is 6.17. The molecule has 3 rings (SSSR count). The quantitative estimate of drug-likeness (QED) is 0.241. The van der Waals surface area contributed by atoms with E-state index in [1.807, 2.05) is 0 Å². The van der Waals surface area contributed by atoms with Crippen molar-refractivity contribution in [3.63, 3.8) is 0 Å². The molecule has 1 aliphatic heterocycles. The van der Waals surface area contributed by atoms with E-state index in [-0.39, 0.29) is 24.5 Å². The van der Waals surface area contributed by atoms with E-state index in [0.29, 0.717) is 10.4 Å². The van der Waals surface area contributed by atoms with Gasteiger partial charge in [-0.25, -0.2) is 4.98 Å². The minimum absolute atomic E-state index is 0.0562. The highest BCUT2D eigenvalue weighted by atomic mass is 35.5. The summed E-state index contributed by atoms with van der Waals surface area (Å²) < 4.78 is 123. The van der Waals surface area contributed by atoms with Gasteiger partial charge in [0, 0.05) is 29.7 Å². The Morgan fingerprint density at radius 2 is 1.55 bits per heavy atom. The van der Waals surface area contributed by atoms with Crippen molar-refractivity contribution >= 4 is 34.5 Å². The summed E-state index contributed by atoms with van der Waals surface area (Å²) in [6, 6.07) is 3.02. The summed E-state index contributed by atoms with van der Waals surface area (Å²) in [5.41, 5.74) is -7.56. The van der Waals surface area contributed by atoms with Gasteiger partial charge in [0.2, 0.25) is 0 Å². The Hall–Kier alpha value is -2.08. The molecule has 1 aromatic carbocycles. The summed E-state index contributed by atoms with van der Waals surface area (Å²) >= 11 is 10.3. The third-order valence-electron chi connectivity index (χ3n) is 5.53. The molecule has 180 valence electrons. The highest BCUT2D eigenvalue weighted by Crippen LogP contribution is 2.52. The van der Waals surface area contributed by atoms with Crippen LogP contribution in [0.15, 0.2) is 30.5 Å². The number of hydrogen-bond acceptors (Lipinski definition) is 3.